The highest BCUT2D eigenvalue weighted by Gasteiger charge is 2.14. The van der Waals surface area contributed by atoms with E-state index in [2.05, 4.69) is 35.4 Å². The number of amides is 3. The topological polar surface area (TPSA) is 87.5 Å². The van der Waals surface area contributed by atoms with Crippen molar-refractivity contribution in [1.29, 1.82) is 0 Å². The van der Waals surface area contributed by atoms with Gasteiger partial charge in [-0.1, -0.05) is 38.1 Å². The predicted octanol–water partition coefficient (Wildman–Crippen LogP) is 1.20. The van der Waals surface area contributed by atoms with Crippen molar-refractivity contribution in [2.45, 2.75) is 39.9 Å². The van der Waals surface area contributed by atoms with E-state index in [0.717, 1.165) is 25.2 Å². The second kappa shape index (κ2) is 9.04. The third-order valence-electron chi connectivity index (χ3n) is 3.61. The Morgan fingerprint density at radius 1 is 1.18 bits per heavy atom. The molecule has 0 aliphatic rings. The molecule has 0 spiro atoms. The van der Waals surface area contributed by atoms with Crippen LogP contribution in [-0.2, 0) is 17.9 Å². The molecule has 0 saturated heterocycles. The molecule has 1 rings (SSSR count). The molecule has 0 saturated carbocycles. The average molecular weight is 306 g/mol. The van der Waals surface area contributed by atoms with E-state index in [9.17, 15) is 9.59 Å². The molecule has 0 fully saturated rings. The van der Waals surface area contributed by atoms with Gasteiger partial charge in [-0.05, 0) is 31.1 Å². The lowest BCUT2D eigenvalue weighted by Gasteiger charge is -2.20. The van der Waals surface area contributed by atoms with Crippen molar-refractivity contribution >= 4 is 11.9 Å². The Hall–Kier alpha value is -2.08. The molecule has 1 atom stereocenters. The van der Waals surface area contributed by atoms with E-state index in [1.54, 1.807) is 6.92 Å². The standard InChI is InChI=1S/C16H26N4O2/c1-4-20(5-2)11-14-9-7-6-8-13(14)10-18-15(21)12(3)19-16(17)22/h6-9,12H,4-5,10-11H2,1-3H3,(H,18,21)(H3,17,19,22)/t12-/m1/s1. The van der Waals surface area contributed by atoms with Crippen LogP contribution in [-0.4, -0.2) is 36.0 Å². The van der Waals surface area contributed by atoms with E-state index < -0.39 is 12.1 Å². The smallest absolute Gasteiger partial charge is 0.312 e. The summed E-state index contributed by atoms with van der Waals surface area (Å²) in [5, 5.41) is 5.19. The molecule has 0 aromatic heterocycles. The number of urea groups is 1. The summed E-state index contributed by atoms with van der Waals surface area (Å²) in [4.78, 5) is 25.0. The zero-order chi connectivity index (χ0) is 16.5. The number of carbonyl (C=O) groups excluding carboxylic acids is 2. The lowest BCUT2D eigenvalue weighted by Crippen LogP contribution is -2.46. The molecule has 0 aliphatic carbocycles. The molecule has 0 aliphatic heterocycles. The maximum Gasteiger partial charge on any atom is 0.312 e. The number of nitrogens with zero attached hydrogens (tertiary/aromatic N) is 1. The number of primary amides is 1. The Morgan fingerprint density at radius 3 is 2.32 bits per heavy atom. The SMILES string of the molecule is CCN(CC)Cc1ccccc1CNC(=O)[C@@H](C)NC(N)=O. The first-order valence-electron chi connectivity index (χ1n) is 7.60. The lowest BCUT2D eigenvalue weighted by atomic mass is 10.1. The summed E-state index contributed by atoms with van der Waals surface area (Å²) in [5.74, 6) is -0.253. The Labute approximate surface area is 132 Å². The number of nitrogens with two attached hydrogens (primary N) is 1. The van der Waals surface area contributed by atoms with Crippen LogP contribution in [0.5, 0.6) is 0 Å². The van der Waals surface area contributed by atoms with Crippen LogP contribution < -0.4 is 16.4 Å². The molecule has 0 radical (unpaired) electrons. The fraction of sp³-hybridized carbons (Fsp3) is 0.500. The van der Waals surface area contributed by atoms with Crippen LogP contribution in [0.4, 0.5) is 4.79 Å². The van der Waals surface area contributed by atoms with Crippen molar-refractivity contribution in [3.8, 4) is 0 Å². The highest BCUT2D eigenvalue weighted by molar-refractivity contribution is 5.86. The summed E-state index contributed by atoms with van der Waals surface area (Å²) in [5.41, 5.74) is 7.29. The molecule has 0 unspecified atom stereocenters. The third-order valence-corrected chi connectivity index (χ3v) is 3.61. The highest BCUT2D eigenvalue weighted by atomic mass is 16.2. The summed E-state index contributed by atoms with van der Waals surface area (Å²) in [6.07, 6.45) is 0. The molecule has 6 nitrogen and oxygen atoms in total. The fourth-order valence-corrected chi connectivity index (χ4v) is 2.19. The minimum Gasteiger partial charge on any atom is -0.352 e. The Bertz CT molecular complexity index is 501. The van der Waals surface area contributed by atoms with Crippen molar-refractivity contribution < 1.29 is 9.59 Å². The maximum atomic E-state index is 11.9. The number of rotatable bonds is 8. The first-order valence-corrected chi connectivity index (χ1v) is 7.60. The van der Waals surface area contributed by atoms with Gasteiger partial charge in [0.2, 0.25) is 5.91 Å². The van der Waals surface area contributed by atoms with E-state index in [1.165, 1.54) is 5.56 Å². The van der Waals surface area contributed by atoms with E-state index in [0.29, 0.717) is 6.54 Å². The Kier molecular flexibility index (Phi) is 7.39. The molecule has 1 aromatic carbocycles. The van der Waals surface area contributed by atoms with Gasteiger partial charge >= 0.3 is 6.03 Å². The van der Waals surface area contributed by atoms with Gasteiger partial charge in [0.25, 0.3) is 0 Å². The first kappa shape index (κ1) is 18.0. The lowest BCUT2D eigenvalue weighted by molar-refractivity contribution is -0.122. The molecule has 0 bridgehead atoms. The summed E-state index contributed by atoms with van der Waals surface area (Å²) in [6.45, 7) is 9.11. The van der Waals surface area contributed by atoms with Crippen LogP contribution in [0.2, 0.25) is 0 Å². The third kappa shape index (κ3) is 5.73. The number of carbonyl (C=O) groups is 2. The van der Waals surface area contributed by atoms with E-state index in [4.69, 9.17) is 5.73 Å². The van der Waals surface area contributed by atoms with Crippen LogP contribution >= 0.6 is 0 Å². The van der Waals surface area contributed by atoms with Gasteiger partial charge in [-0.2, -0.15) is 0 Å². The molecule has 6 heteroatoms. The second-order valence-corrected chi connectivity index (χ2v) is 5.18. The normalized spacial score (nSPS) is 12.0. The van der Waals surface area contributed by atoms with Gasteiger partial charge in [0.1, 0.15) is 6.04 Å². The molecule has 22 heavy (non-hydrogen) atoms. The van der Waals surface area contributed by atoms with Crippen molar-refractivity contribution in [2.75, 3.05) is 13.1 Å². The van der Waals surface area contributed by atoms with Crippen LogP contribution in [0.1, 0.15) is 31.9 Å². The molecule has 1 aromatic rings. The van der Waals surface area contributed by atoms with Crippen LogP contribution in [0, 0.1) is 0 Å². The number of hydrogen-bond donors (Lipinski definition) is 3. The average Bonchev–Trinajstić information content (AvgIpc) is 2.50. The Morgan fingerprint density at radius 2 is 1.77 bits per heavy atom. The molecular weight excluding hydrogens is 280 g/mol. The van der Waals surface area contributed by atoms with Gasteiger partial charge < -0.3 is 16.4 Å². The van der Waals surface area contributed by atoms with Crippen LogP contribution in [0.25, 0.3) is 0 Å². The zero-order valence-corrected chi connectivity index (χ0v) is 13.6. The quantitative estimate of drug-likeness (QED) is 0.674. The number of benzene rings is 1. The molecule has 122 valence electrons. The Balaban J connectivity index is 2.66. The number of nitrogens with one attached hydrogen (secondary N) is 2. The zero-order valence-electron chi connectivity index (χ0n) is 13.6. The van der Waals surface area contributed by atoms with Crippen LogP contribution in [0.3, 0.4) is 0 Å². The minimum atomic E-state index is -0.704. The highest BCUT2D eigenvalue weighted by Crippen LogP contribution is 2.11. The molecular formula is C16H26N4O2. The van der Waals surface area contributed by atoms with Gasteiger partial charge in [0, 0.05) is 13.1 Å². The minimum absolute atomic E-state index is 0.253. The second-order valence-electron chi connectivity index (χ2n) is 5.18. The van der Waals surface area contributed by atoms with Gasteiger partial charge in [0.05, 0.1) is 0 Å². The van der Waals surface area contributed by atoms with Crippen molar-refractivity contribution in [3.05, 3.63) is 35.4 Å². The van der Waals surface area contributed by atoms with E-state index in [-0.39, 0.29) is 5.91 Å². The van der Waals surface area contributed by atoms with Crippen molar-refractivity contribution in [1.82, 2.24) is 15.5 Å². The molecule has 4 N–H and O–H groups in total. The van der Waals surface area contributed by atoms with E-state index >= 15 is 0 Å². The maximum absolute atomic E-state index is 11.9. The summed E-state index contributed by atoms with van der Waals surface area (Å²) >= 11 is 0. The van der Waals surface area contributed by atoms with Gasteiger partial charge in [-0.25, -0.2) is 4.79 Å². The van der Waals surface area contributed by atoms with E-state index in [1.807, 2.05) is 18.2 Å². The van der Waals surface area contributed by atoms with Crippen molar-refractivity contribution in [3.63, 3.8) is 0 Å². The summed E-state index contributed by atoms with van der Waals surface area (Å²) in [7, 11) is 0. The number of hydrogen-bond acceptors (Lipinski definition) is 3. The van der Waals surface area contributed by atoms with Gasteiger partial charge in [-0.3, -0.25) is 9.69 Å². The van der Waals surface area contributed by atoms with Gasteiger partial charge in [0.15, 0.2) is 0 Å². The largest absolute Gasteiger partial charge is 0.352 e. The van der Waals surface area contributed by atoms with Gasteiger partial charge in [-0.15, -0.1) is 0 Å². The molecule has 3 amide bonds. The first-order chi connectivity index (χ1) is 10.5. The monoisotopic (exact) mass is 306 g/mol. The fourth-order valence-electron chi connectivity index (χ4n) is 2.19. The van der Waals surface area contributed by atoms with Crippen LogP contribution in [0.15, 0.2) is 24.3 Å². The summed E-state index contributed by atoms with van der Waals surface area (Å²) < 4.78 is 0. The predicted molar refractivity (Wildman–Crippen MR) is 87.1 cm³/mol. The summed E-state index contributed by atoms with van der Waals surface area (Å²) in [6, 6.07) is 6.69. The van der Waals surface area contributed by atoms with Crippen molar-refractivity contribution in [2.24, 2.45) is 5.73 Å². The molecule has 0 heterocycles.